The molecule has 6 heteroatoms. The third kappa shape index (κ3) is 3.18. The molecule has 2 N–H and O–H groups in total. The van der Waals surface area contributed by atoms with Crippen LogP contribution in [-0.4, -0.2) is 12.9 Å². The lowest BCUT2D eigenvalue weighted by Gasteiger charge is -2.12. The fraction of sp³-hybridized carbons (Fsp3) is 0.133. The molecule has 0 spiro atoms. The smallest absolute Gasteiger partial charge is 0.198 e. The zero-order chi connectivity index (χ0) is 15.7. The maximum atomic E-state index is 12.7. The van der Waals surface area contributed by atoms with Crippen LogP contribution in [0.15, 0.2) is 28.7 Å². The van der Waals surface area contributed by atoms with E-state index in [0.29, 0.717) is 17.0 Å². The number of benzene rings is 2. The standard InChI is InChI=1S/C15H12BrCl2NO2/c1-7-3-13(21-2)9(6-11(7)16)15(20)10-4-8(19)5-12(17)14(10)18/h3-6H,19H2,1-2H3. The minimum Gasteiger partial charge on any atom is -0.496 e. The van der Waals surface area contributed by atoms with Gasteiger partial charge < -0.3 is 10.5 Å². The Morgan fingerprint density at radius 3 is 2.48 bits per heavy atom. The first kappa shape index (κ1) is 16.1. The highest BCUT2D eigenvalue weighted by Gasteiger charge is 2.20. The monoisotopic (exact) mass is 387 g/mol. The number of hydrogen-bond donors (Lipinski definition) is 1. The van der Waals surface area contributed by atoms with Gasteiger partial charge in [-0.05, 0) is 36.8 Å². The molecule has 0 amide bonds. The Kier molecular flexibility index (Phi) is 4.81. The summed E-state index contributed by atoms with van der Waals surface area (Å²) in [6.07, 6.45) is 0. The van der Waals surface area contributed by atoms with Gasteiger partial charge in [-0.25, -0.2) is 0 Å². The Hall–Kier alpha value is -1.23. The molecule has 0 aliphatic heterocycles. The Labute approximate surface area is 141 Å². The van der Waals surface area contributed by atoms with Crippen LogP contribution in [-0.2, 0) is 0 Å². The molecular formula is C15H12BrCl2NO2. The number of ketones is 1. The van der Waals surface area contributed by atoms with Gasteiger partial charge in [-0.2, -0.15) is 0 Å². The first-order valence-corrected chi connectivity index (χ1v) is 7.53. The zero-order valence-electron chi connectivity index (χ0n) is 11.3. The molecule has 0 aromatic heterocycles. The highest BCUT2D eigenvalue weighted by molar-refractivity contribution is 9.10. The molecule has 110 valence electrons. The minimum absolute atomic E-state index is 0.176. The second-order valence-corrected chi connectivity index (χ2v) is 6.13. The van der Waals surface area contributed by atoms with Gasteiger partial charge in [0.25, 0.3) is 0 Å². The molecule has 0 bridgehead atoms. The topological polar surface area (TPSA) is 52.3 Å². The molecule has 0 atom stereocenters. The number of carbonyl (C=O) groups is 1. The highest BCUT2D eigenvalue weighted by Crippen LogP contribution is 2.34. The van der Waals surface area contributed by atoms with Crippen molar-refractivity contribution in [3.05, 3.63) is 55.5 Å². The number of methoxy groups -OCH3 is 1. The highest BCUT2D eigenvalue weighted by atomic mass is 79.9. The van der Waals surface area contributed by atoms with Gasteiger partial charge in [0.05, 0.1) is 22.7 Å². The van der Waals surface area contributed by atoms with Crippen LogP contribution < -0.4 is 10.5 Å². The predicted octanol–water partition coefficient (Wildman–Crippen LogP) is 4.89. The van der Waals surface area contributed by atoms with Crippen LogP contribution in [0, 0.1) is 6.92 Å². The quantitative estimate of drug-likeness (QED) is 0.601. The lowest BCUT2D eigenvalue weighted by molar-refractivity contribution is 0.103. The van der Waals surface area contributed by atoms with Gasteiger partial charge in [-0.15, -0.1) is 0 Å². The van der Waals surface area contributed by atoms with Crippen LogP contribution in [0.5, 0.6) is 5.75 Å². The van der Waals surface area contributed by atoms with Gasteiger partial charge in [-0.3, -0.25) is 4.79 Å². The van der Waals surface area contributed by atoms with E-state index in [9.17, 15) is 4.79 Å². The summed E-state index contributed by atoms with van der Waals surface area (Å²) in [5.41, 5.74) is 7.70. The summed E-state index contributed by atoms with van der Waals surface area (Å²) in [5.74, 6) is 0.169. The summed E-state index contributed by atoms with van der Waals surface area (Å²) in [4.78, 5) is 12.7. The summed E-state index contributed by atoms with van der Waals surface area (Å²) in [6, 6.07) is 6.48. The number of ether oxygens (including phenoxy) is 1. The number of nitrogen functional groups attached to an aromatic ring is 1. The van der Waals surface area contributed by atoms with Crippen LogP contribution in [0.3, 0.4) is 0 Å². The van der Waals surface area contributed by atoms with Crippen molar-refractivity contribution in [1.82, 2.24) is 0 Å². The molecule has 0 aliphatic rings. The molecule has 0 saturated heterocycles. The van der Waals surface area contributed by atoms with Crippen LogP contribution >= 0.6 is 39.1 Å². The summed E-state index contributed by atoms with van der Waals surface area (Å²) in [7, 11) is 1.51. The summed E-state index contributed by atoms with van der Waals surface area (Å²) in [5, 5.41) is 0.416. The van der Waals surface area contributed by atoms with E-state index in [1.807, 2.05) is 6.92 Å². The lowest BCUT2D eigenvalue weighted by Crippen LogP contribution is -2.06. The Morgan fingerprint density at radius 1 is 1.19 bits per heavy atom. The SMILES string of the molecule is COc1cc(C)c(Br)cc1C(=O)c1cc(N)cc(Cl)c1Cl. The first-order chi connectivity index (χ1) is 9.85. The molecule has 3 nitrogen and oxygen atoms in total. The molecule has 0 aliphatic carbocycles. The Balaban J connectivity index is 2.63. The van der Waals surface area contributed by atoms with Gasteiger partial charge in [0.2, 0.25) is 0 Å². The third-order valence-electron chi connectivity index (χ3n) is 3.02. The van der Waals surface area contributed by atoms with E-state index >= 15 is 0 Å². The van der Waals surface area contributed by atoms with Crippen LogP contribution in [0.1, 0.15) is 21.5 Å². The number of nitrogens with two attached hydrogens (primary N) is 1. The molecule has 0 unspecified atom stereocenters. The van der Waals surface area contributed by atoms with Gasteiger partial charge in [0.15, 0.2) is 5.78 Å². The summed E-state index contributed by atoms with van der Waals surface area (Å²) < 4.78 is 6.08. The normalized spacial score (nSPS) is 10.5. The third-order valence-corrected chi connectivity index (χ3v) is 4.68. The first-order valence-electron chi connectivity index (χ1n) is 5.98. The fourth-order valence-electron chi connectivity index (χ4n) is 1.92. The molecule has 2 aromatic carbocycles. The van der Waals surface area contributed by atoms with E-state index in [4.69, 9.17) is 33.7 Å². The maximum Gasteiger partial charge on any atom is 0.198 e. The Bertz CT molecular complexity index is 732. The minimum atomic E-state index is -0.299. The molecule has 2 rings (SSSR count). The number of aryl methyl sites for hydroxylation is 1. The average Bonchev–Trinajstić information content (AvgIpc) is 2.44. The van der Waals surface area contributed by atoms with E-state index in [1.165, 1.54) is 19.2 Å². The van der Waals surface area contributed by atoms with Crippen molar-refractivity contribution >= 4 is 50.6 Å². The summed E-state index contributed by atoms with van der Waals surface area (Å²) >= 11 is 15.5. The summed E-state index contributed by atoms with van der Waals surface area (Å²) in [6.45, 7) is 1.91. The largest absolute Gasteiger partial charge is 0.496 e. The van der Waals surface area contributed by atoms with E-state index < -0.39 is 0 Å². The molecule has 0 heterocycles. The van der Waals surface area contributed by atoms with E-state index in [1.54, 1.807) is 12.1 Å². The molecule has 0 saturated carbocycles. The van der Waals surface area contributed by atoms with E-state index in [-0.39, 0.29) is 21.4 Å². The maximum absolute atomic E-state index is 12.7. The van der Waals surface area contributed by atoms with E-state index in [0.717, 1.165) is 10.0 Å². The van der Waals surface area contributed by atoms with Crippen molar-refractivity contribution in [2.75, 3.05) is 12.8 Å². The predicted molar refractivity (Wildman–Crippen MR) is 89.7 cm³/mol. The molecule has 21 heavy (non-hydrogen) atoms. The Morgan fingerprint density at radius 2 is 1.86 bits per heavy atom. The fourth-order valence-corrected chi connectivity index (χ4v) is 2.69. The molecule has 0 radical (unpaired) electrons. The second kappa shape index (κ2) is 6.26. The molecular weight excluding hydrogens is 377 g/mol. The lowest BCUT2D eigenvalue weighted by atomic mass is 10.0. The van der Waals surface area contributed by atoms with Crippen molar-refractivity contribution in [3.63, 3.8) is 0 Å². The van der Waals surface area contributed by atoms with Crippen LogP contribution in [0.25, 0.3) is 0 Å². The number of halogens is 3. The van der Waals surface area contributed by atoms with Crippen molar-refractivity contribution in [1.29, 1.82) is 0 Å². The number of anilines is 1. The second-order valence-electron chi connectivity index (χ2n) is 4.50. The number of carbonyl (C=O) groups excluding carboxylic acids is 1. The van der Waals surface area contributed by atoms with Gasteiger partial charge >= 0.3 is 0 Å². The van der Waals surface area contributed by atoms with Crippen LogP contribution in [0.2, 0.25) is 10.0 Å². The number of hydrogen-bond acceptors (Lipinski definition) is 3. The molecule has 0 fully saturated rings. The molecule has 2 aromatic rings. The average molecular weight is 389 g/mol. The number of rotatable bonds is 3. The van der Waals surface area contributed by atoms with Crippen LogP contribution in [0.4, 0.5) is 5.69 Å². The van der Waals surface area contributed by atoms with Gasteiger partial charge in [0, 0.05) is 15.7 Å². The zero-order valence-corrected chi connectivity index (χ0v) is 14.4. The van der Waals surface area contributed by atoms with Crippen molar-refractivity contribution < 1.29 is 9.53 Å². The van der Waals surface area contributed by atoms with Crippen molar-refractivity contribution in [2.24, 2.45) is 0 Å². The van der Waals surface area contributed by atoms with E-state index in [2.05, 4.69) is 15.9 Å². The van der Waals surface area contributed by atoms with Gasteiger partial charge in [-0.1, -0.05) is 39.1 Å². The van der Waals surface area contributed by atoms with Gasteiger partial charge in [0.1, 0.15) is 5.75 Å². The van der Waals surface area contributed by atoms with Crippen molar-refractivity contribution in [2.45, 2.75) is 6.92 Å². The van der Waals surface area contributed by atoms with Crippen molar-refractivity contribution in [3.8, 4) is 5.75 Å².